The van der Waals surface area contributed by atoms with Crippen LogP contribution in [0.2, 0.25) is 0 Å². The number of benzene rings is 1. The summed E-state index contributed by atoms with van der Waals surface area (Å²) in [7, 11) is 2.16. The minimum Gasteiger partial charge on any atom is -0.237 e. The molecule has 132 valence electrons. The molecule has 2 aromatic rings. The number of hydrogen-bond donors (Lipinski definition) is 0. The number of rotatable bonds is 12. The molecule has 0 amide bonds. The van der Waals surface area contributed by atoms with Gasteiger partial charge in [0, 0.05) is 0 Å². The predicted molar refractivity (Wildman–Crippen MR) is 102 cm³/mol. The molecule has 1 heterocycles. The Balaban J connectivity index is 1.68. The predicted octanol–water partition coefficient (Wildman–Crippen LogP) is 5.43. The van der Waals surface area contributed by atoms with Crippen molar-refractivity contribution < 1.29 is 4.57 Å². The molecule has 0 aliphatic carbocycles. The van der Waals surface area contributed by atoms with E-state index in [1.807, 2.05) is 0 Å². The second-order valence-corrected chi connectivity index (χ2v) is 7.01. The van der Waals surface area contributed by atoms with Gasteiger partial charge in [-0.05, 0) is 18.4 Å². The van der Waals surface area contributed by atoms with Gasteiger partial charge in [-0.15, -0.1) is 0 Å². The van der Waals surface area contributed by atoms with Crippen LogP contribution < -0.4 is 4.57 Å². The molecular weight excluding hydrogens is 292 g/mol. The lowest BCUT2D eigenvalue weighted by Crippen LogP contribution is -2.37. The van der Waals surface area contributed by atoms with Gasteiger partial charge in [0.15, 0.2) is 0 Å². The molecule has 0 unspecified atom stereocenters. The van der Waals surface area contributed by atoms with Crippen molar-refractivity contribution in [3.63, 3.8) is 0 Å². The van der Waals surface area contributed by atoms with Gasteiger partial charge >= 0.3 is 0 Å². The number of unbranched alkanes of at least 4 members (excludes halogenated alkanes) is 8. The van der Waals surface area contributed by atoms with E-state index in [2.05, 4.69) is 65.8 Å². The third kappa shape index (κ3) is 6.51. The van der Waals surface area contributed by atoms with Crippen LogP contribution in [0.1, 0.15) is 76.1 Å². The van der Waals surface area contributed by atoms with Crippen molar-refractivity contribution in [3.8, 4) is 0 Å². The Bertz CT molecular complexity index is 557. The third-order valence-corrected chi connectivity index (χ3v) is 4.92. The first-order chi connectivity index (χ1) is 11.8. The van der Waals surface area contributed by atoms with Crippen molar-refractivity contribution in [1.29, 1.82) is 0 Å². The Morgan fingerprint density at radius 2 is 1.46 bits per heavy atom. The molecule has 2 nitrogen and oxygen atoms in total. The Hall–Kier alpha value is -1.57. The molecule has 0 fully saturated rings. The van der Waals surface area contributed by atoms with Crippen LogP contribution in [0.4, 0.5) is 0 Å². The number of nitrogens with zero attached hydrogens (tertiary/aromatic N) is 2. The van der Waals surface area contributed by atoms with E-state index in [-0.39, 0.29) is 0 Å². The molecule has 0 saturated heterocycles. The quantitative estimate of drug-likeness (QED) is 0.363. The van der Waals surface area contributed by atoms with Crippen molar-refractivity contribution in [1.82, 2.24) is 4.57 Å². The highest BCUT2D eigenvalue weighted by atomic mass is 15.1. The van der Waals surface area contributed by atoms with Crippen molar-refractivity contribution in [2.45, 2.75) is 77.7 Å². The lowest BCUT2D eigenvalue weighted by atomic mass is 10.1. The minimum absolute atomic E-state index is 1.02. The fourth-order valence-corrected chi connectivity index (χ4v) is 3.36. The van der Waals surface area contributed by atoms with Gasteiger partial charge < -0.3 is 0 Å². The zero-order chi connectivity index (χ0) is 17.0. The first kappa shape index (κ1) is 18.8. The molecule has 0 aliphatic rings. The van der Waals surface area contributed by atoms with E-state index in [0.29, 0.717) is 0 Å². The number of aromatic nitrogens is 2. The summed E-state index contributed by atoms with van der Waals surface area (Å²) in [5, 5.41) is 0. The molecular formula is C22H35N2+. The van der Waals surface area contributed by atoms with Gasteiger partial charge in [-0.1, -0.05) is 82.2 Å². The van der Waals surface area contributed by atoms with Crippen molar-refractivity contribution in [2.75, 3.05) is 0 Å². The Kier molecular flexibility index (Phi) is 8.65. The smallest absolute Gasteiger partial charge is 0.237 e. The second kappa shape index (κ2) is 11.1. The molecule has 0 spiro atoms. The van der Waals surface area contributed by atoms with Crippen molar-refractivity contribution >= 4 is 0 Å². The van der Waals surface area contributed by atoms with Gasteiger partial charge in [0.1, 0.15) is 12.4 Å². The lowest BCUT2D eigenvalue weighted by molar-refractivity contribution is -0.703. The Morgan fingerprint density at radius 3 is 2.12 bits per heavy atom. The number of aryl methyl sites for hydroxylation is 2. The standard InChI is InChI=1S/C22H35N2/c1-3-4-5-6-7-8-9-10-14-17-24-19-18-23(2)22(24)20-21-15-12-11-13-16-21/h11-13,15-16,18-19H,3-10,14,17,20H2,1-2H3/q+1. The van der Waals surface area contributed by atoms with Crippen LogP contribution in [0.25, 0.3) is 0 Å². The van der Waals surface area contributed by atoms with Crippen LogP contribution in [-0.4, -0.2) is 4.57 Å². The van der Waals surface area contributed by atoms with Crippen LogP contribution in [0.5, 0.6) is 0 Å². The van der Waals surface area contributed by atoms with E-state index >= 15 is 0 Å². The molecule has 1 aromatic heterocycles. The highest BCUT2D eigenvalue weighted by molar-refractivity contribution is 5.17. The minimum atomic E-state index is 1.02. The molecule has 0 aliphatic heterocycles. The van der Waals surface area contributed by atoms with E-state index in [1.54, 1.807) is 0 Å². The normalized spacial score (nSPS) is 11.1. The summed E-state index contributed by atoms with van der Waals surface area (Å²) >= 11 is 0. The summed E-state index contributed by atoms with van der Waals surface area (Å²) < 4.78 is 4.70. The Morgan fingerprint density at radius 1 is 0.833 bits per heavy atom. The summed E-state index contributed by atoms with van der Waals surface area (Å²) in [4.78, 5) is 0. The van der Waals surface area contributed by atoms with E-state index in [4.69, 9.17) is 0 Å². The number of imidazole rings is 1. The van der Waals surface area contributed by atoms with Gasteiger partial charge in [-0.3, -0.25) is 0 Å². The van der Waals surface area contributed by atoms with Gasteiger partial charge in [-0.25, -0.2) is 9.13 Å². The van der Waals surface area contributed by atoms with Crippen LogP contribution in [0.3, 0.4) is 0 Å². The van der Waals surface area contributed by atoms with E-state index in [9.17, 15) is 0 Å². The van der Waals surface area contributed by atoms with E-state index in [1.165, 1.54) is 69.2 Å². The van der Waals surface area contributed by atoms with Crippen LogP contribution >= 0.6 is 0 Å². The van der Waals surface area contributed by atoms with E-state index < -0.39 is 0 Å². The SMILES string of the molecule is CCCCCCCCCCC[n+]1ccn(C)c1Cc1ccccc1. The second-order valence-electron chi connectivity index (χ2n) is 7.01. The summed E-state index contributed by atoms with van der Waals surface area (Å²) in [6, 6.07) is 10.8. The topological polar surface area (TPSA) is 8.81 Å². The molecule has 0 radical (unpaired) electrons. The molecule has 0 bridgehead atoms. The van der Waals surface area contributed by atoms with Crippen LogP contribution in [0, 0.1) is 0 Å². The zero-order valence-corrected chi connectivity index (χ0v) is 15.7. The van der Waals surface area contributed by atoms with Crippen LogP contribution in [0.15, 0.2) is 42.7 Å². The summed E-state index contributed by atoms with van der Waals surface area (Å²) in [5.41, 5.74) is 1.39. The molecule has 0 saturated carbocycles. The van der Waals surface area contributed by atoms with Gasteiger partial charge in [0.2, 0.25) is 0 Å². The fourth-order valence-electron chi connectivity index (χ4n) is 3.36. The maximum absolute atomic E-state index is 2.44. The zero-order valence-electron chi connectivity index (χ0n) is 15.7. The summed E-state index contributed by atoms with van der Waals surface area (Å²) in [5.74, 6) is 1.40. The average molecular weight is 328 g/mol. The molecule has 24 heavy (non-hydrogen) atoms. The average Bonchev–Trinajstić information content (AvgIpc) is 2.95. The van der Waals surface area contributed by atoms with Gasteiger partial charge in [0.25, 0.3) is 5.82 Å². The summed E-state index contributed by atoms with van der Waals surface area (Å²) in [6.07, 6.45) is 18.0. The summed E-state index contributed by atoms with van der Waals surface area (Å²) in [6.45, 7) is 3.44. The molecule has 0 N–H and O–H groups in total. The Labute approximate surface area is 148 Å². The van der Waals surface area contributed by atoms with Crippen molar-refractivity contribution in [2.24, 2.45) is 7.05 Å². The molecule has 2 rings (SSSR count). The van der Waals surface area contributed by atoms with Crippen molar-refractivity contribution in [3.05, 3.63) is 54.1 Å². The van der Waals surface area contributed by atoms with E-state index in [0.717, 1.165) is 13.0 Å². The number of hydrogen-bond acceptors (Lipinski definition) is 0. The lowest BCUT2D eigenvalue weighted by Gasteiger charge is -2.04. The van der Waals surface area contributed by atoms with Crippen LogP contribution in [-0.2, 0) is 20.0 Å². The largest absolute Gasteiger partial charge is 0.260 e. The molecule has 2 heteroatoms. The monoisotopic (exact) mass is 327 g/mol. The molecule has 1 aromatic carbocycles. The fraction of sp³-hybridized carbons (Fsp3) is 0.591. The molecule has 0 atom stereocenters. The first-order valence-corrected chi connectivity index (χ1v) is 9.89. The van der Waals surface area contributed by atoms with Gasteiger partial charge in [-0.2, -0.15) is 0 Å². The maximum atomic E-state index is 2.44. The third-order valence-electron chi connectivity index (χ3n) is 4.92. The first-order valence-electron chi connectivity index (χ1n) is 9.89. The highest BCUT2D eigenvalue weighted by Crippen LogP contribution is 2.10. The highest BCUT2D eigenvalue weighted by Gasteiger charge is 2.14. The maximum Gasteiger partial charge on any atom is 0.260 e. The van der Waals surface area contributed by atoms with Gasteiger partial charge in [0.05, 0.1) is 20.0 Å².